The van der Waals surface area contributed by atoms with Crippen LogP contribution < -0.4 is 11.1 Å². The summed E-state index contributed by atoms with van der Waals surface area (Å²) in [5.41, 5.74) is 8.99. The Morgan fingerprint density at radius 1 is 1.33 bits per heavy atom. The molecular formula is C24H34Cl2N6O. The first-order valence-corrected chi connectivity index (χ1v) is 12.0. The van der Waals surface area contributed by atoms with Crippen LogP contribution in [-0.4, -0.2) is 45.0 Å². The number of benzene rings is 1. The van der Waals surface area contributed by atoms with Gasteiger partial charge in [-0.05, 0) is 42.5 Å². The van der Waals surface area contributed by atoms with Gasteiger partial charge in [0.1, 0.15) is 11.5 Å². The highest BCUT2D eigenvalue weighted by molar-refractivity contribution is 6.32. The molecule has 0 fully saturated rings. The Labute approximate surface area is 205 Å². The van der Waals surface area contributed by atoms with Crippen LogP contribution in [0.3, 0.4) is 0 Å². The van der Waals surface area contributed by atoms with E-state index >= 15 is 0 Å². The van der Waals surface area contributed by atoms with Gasteiger partial charge in [-0.15, -0.1) is 0 Å². The number of aromatic amines is 1. The van der Waals surface area contributed by atoms with E-state index in [2.05, 4.69) is 42.1 Å². The molecule has 3 aromatic rings. The number of fused-ring (bicyclic) bond motifs is 1. The van der Waals surface area contributed by atoms with E-state index in [1.165, 1.54) is 0 Å². The molecule has 0 aliphatic heterocycles. The summed E-state index contributed by atoms with van der Waals surface area (Å²) in [6.45, 7) is 9.40. The van der Waals surface area contributed by atoms with E-state index < -0.39 is 0 Å². The molecule has 33 heavy (non-hydrogen) atoms. The average molecular weight is 493 g/mol. The van der Waals surface area contributed by atoms with Crippen molar-refractivity contribution in [1.82, 2.24) is 19.4 Å². The van der Waals surface area contributed by atoms with Crippen molar-refractivity contribution in [2.24, 2.45) is 12.8 Å². The van der Waals surface area contributed by atoms with Crippen LogP contribution in [-0.2, 0) is 19.0 Å². The topological polar surface area (TPSA) is 92.0 Å². The molecule has 0 radical (unpaired) electrons. The molecule has 3 rings (SSSR count). The molecule has 0 aliphatic carbocycles. The maximum atomic E-state index is 13.1. The zero-order valence-electron chi connectivity index (χ0n) is 20.2. The van der Waals surface area contributed by atoms with E-state index in [4.69, 9.17) is 28.9 Å². The van der Waals surface area contributed by atoms with Crippen LogP contribution in [0.4, 0.5) is 5.69 Å². The summed E-state index contributed by atoms with van der Waals surface area (Å²) in [4.78, 5) is 22.6. The lowest BCUT2D eigenvalue weighted by Crippen LogP contribution is -2.39. The number of nitrogens with one attached hydrogen (secondary N) is 2. The van der Waals surface area contributed by atoms with Gasteiger partial charge in [-0.25, -0.2) is 4.98 Å². The predicted octanol–water partition coefficient (Wildman–Crippen LogP) is 5.32. The van der Waals surface area contributed by atoms with E-state index in [0.717, 1.165) is 40.0 Å². The van der Waals surface area contributed by atoms with Crippen LogP contribution in [0.2, 0.25) is 10.2 Å². The minimum atomic E-state index is -0.155. The van der Waals surface area contributed by atoms with Gasteiger partial charge in [0.15, 0.2) is 5.15 Å². The summed E-state index contributed by atoms with van der Waals surface area (Å²) in [5.74, 6) is 0.515. The Bertz CT molecular complexity index is 1140. The zero-order chi connectivity index (χ0) is 24.5. The number of halogens is 2. The Balaban J connectivity index is 1.85. The van der Waals surface area contributed by atoms with Gasteiger partial charge in [0.2, 0.25) is 0 Å². The van der Waals surface area contributed by atoms with Crippen molar-refractivity contribution in [3.05, 3.63) is 45.6 Å². The number of aromatic nitrogens is 3. The standard InChI is InChI=1S/C24H34Cl2N6O/c1-7-14(8-9-27)31(5)23(33)21-22(26)30-20(32(21)6)13-29-19-12-28-18-11-17(25)16(10-15(18)19)24(2,3)4/h10-12,14,28-29H,7-9,13,27H2,1-6H3/t14-/m1/s1. The number of hydrogen-bond acceptors (Lipinski definition) is 4. The number of rotatable bonds is 8. The third kappa shape index (κ3) is 5.15. The van der Waals surface area contributed by atoms with E-state index in [1.807, 2.05) is 26.2 Å². The number of H-pyrrole nitrogens is 1. The summed E-state index contributed by atoms with van der Waals surface area (Å²) in [7, 11) is 3.60. The van der Waals surface area contributed by atoms with Gasteiger partial charge in [-0.1, -0.05) is 50.9 Å². The molecule has 0 spiro atoms. The number of hydrogen-bond donors (Lipinski definition) is 3. The van der Waals surface area contributed by atoms with Gasteiger partial charge >= 0.3 is 0 Å². The Hall–Kier alpha value is -2.22. The molecular weight excluding hydrogens is 459 g/mol. The van der Waals surface area contributed by atoms with Crippen molar-refractivity contribution in [3.63, 3.8) is 0 Å². The molecule has 0 aliphatic rings. The van der Waals surface area contributed by atoms with E-state index in [-0.39, 0.29) is 22.5 Å². The second-order valence-electron chi connectivity index (χ2n) is 9.47. The van der Waals surface area contributed by atoms with E-state index in [9.17, 15) is 4.79 Å². The van der Waals surface area contributed by atoms with Gasteiger partial charge in [0, 0.05) is 42.3 Å². The fraction of sp³-hybridized carbons (Fsp3) is 0.500. The fourth-order valence-corrected chi connectivity index (χ4v) is 4.89. The highest BCUT2D eigenvalue weighted by Crippen LogP contribution is 2.35. The maximum absolute atomic E-state index is 13.1. The minimum Gasteiger partial charge on any atom is -0.376 e. The molecule has 0 unspecified atom stereocenters. The lowest BCUT2D eigenvalue weighted by atomic mass is 9.86. The van der Waals surface area contributed by atoms with E-state index in [1.54, 1.807) is 16.5 Å². The predicted molar refractivity (Wildman–Crippen MR) is 137 cm³/mol. The number of carbonyl (C=O) groups is 1. The number of nitrogens with two attached hydrogens (primary N) is 1. The van der Waals surface area contributed by atoms with Gasteiger partial charge < -0.3 is 25.5 Å². The molecule has 180 valence electrons. The third-order valence-corrected chi connectivity index (χ3v) is 6.78. The summed E-state index contributed by atoms with van der Waals surface area (Å²) in [5, 5.41) is 5.42. The smallest absolute Gasteiger partial charge is 0.273 e. The maximum Gasteiger partial charge on any atom is 0.273 e. The van der Waals surface area contributed by atoms with Crippen molar-refractivity contribution in [2.75, 3.05) is 18.9 Å². The third-order valence-electron chi connectivity index (χ3n) is 6.20. The molecule has 9 heteroatoms. The van der Waals surface area contributed by atoms with Gasteiger partial charge in [0.05, 0.1) is 12.2 Å². The Morgan fingerprint density at radius 3 is 2.64 bits per heavy atom. The summed E-state index contributed by atoms with van der Waals surface area (Å²) < 4.78 is 1.76. The van der Waals surface area contributed by atoms with E-state index in [0.29, 0.717) is 24.6 Å². The first kappa shape index (κ1) is 25.4. The number of amides is 1. The van der Waals surface area contributed by atoms with Gasteiger partial charge in [-0.2, -0.15) is 0 Å². The first-order valence-electron chi connectivity index (χ1n) is 11.2. The molecule has 2 aromatic heterocycles. The van der Waals surface area contributed by atoms with Crippen molar-refractivity contribution < 1.29 is 4.79 Å². The average Bonchev–Trinajstić information content (AvgIpc) is 3.27. The number of imidazole rings is 1. The minimum absolute atomic E-state index is 0.0603. The Morgan fingerprint density at radius 2 is 2.03 bits per heavy atom. The lowest BCUT2D eigenvalue weighted by molar-refractivity contribution is 0.0712. The van der Waals surface area contributed by atoms with Crippen LogP contribution in [0.15, 0.2) is 18.3 Å². The molecule has 0 saturated carbocycles. The summed E-state index contributed by atoms with van der Waals surface area (Å²) in [6.07, 6.45) is 3.48. The molecule has 4 N–H and O–H groups in total. The fourth-order valence-electron chi connectivity index (χ4n) is 4.13. The van der Waals surface area contributed by atoms with Crippen molar-refractivity contribution >= 4 is 45.7 Å². The molecule has 0 bridgehead atoms. The van der Waals surface area contributed by atoms with Crippen LogP contribution in [0.1, 0.15) is 62.4 Å². The highest BCUT2D eigenvalue weighted by atomic mass is 35.5. The van der Waals surface area contributed by atoms with Gasteiger partial charge in [0.25, 0.3) is 5.91 Å². The molecule has 1 atom stereocenters. The second kappa shape index (κ2) is 9.95. The molecule has 0 saturated heterocycles. The normalized spacial score (nSPS) is 12.9. The van der Waals surface area contributed by atoms with Crippen LogP contribution in [0, 0.1) is 0 Å². The van der Waals surface area contributed by atoms with Crippen LogP contribution in [0.5, 0.6) is 0 Å². The molecule has 1 aromatic carbocycles. The van der Waals surface area contributed by atoms with Crippen LogP contribution >= 0.6 is 23.2 Å². The number of anilines is 1. The van der Waals surface area contributed by atoms with Crippen LogP contribution in [0.25, 0.3) is 10.9 Å². The van der Waals surface area contributed by atoms with Crippen molar-refractivity contribution in [2.45, 2.75) is 58.5 Å². The SMILES string of the molecule is CC[C@H](CCN)N(C)C(=O)c1c(Cl)nc(CNc2c[nH]c3cc(Cl)c(C(C)(C)C)cc23)n1C. The summed E-state index contributed by atoms with van der Waals surface area (Å²) >= 11 is 12.9. The highest BCUT2D eigenvalue weighted by Gasteiger charge is 2.26. The second-order valence-corrected chi connectivity index (χ2v) is 10.2. The zero-order valence-corrected chi connectivity index (χ0v) is 21.7. The number of nitrogens with zero attached hydrogens (tertiary/aromatic N) is 3. The number of carbonyl (C=O) groups excluding carboxylic acids is 1. The quantitative estimate of drug-likeness (QED) is 0.396. The summed E-state index contributed by atoms with van der Waals surface area (Å²) in [6, 6.07) is 4.14. The lowest BCUT2D eigenvalue weighted by Gasteiger charge is -2.27. The largest absolute Gasteiger partial charge is 0.376 e. The molecule has 7 nitrogen and oxygen atoms in total. The van der Waals surface area contributed by atoms with Crippen molar-refractivity contribution in [1.29, 1.82) is 0 Å². The van der Waals surface area contributed by atoms with Gasteiger partial charge in [-0.3, -0.25) is 4.79 Å². The molecule has 2 heterocycles. The van der Waals surface area contributed by atoms with Crippen molar-refractivity contribution in [3.8, 4) is 0 Å². The Kier molecular flexibility index (Phi) is 7.66. The monoisotopic (exact) mass is 492 g/mol. The molecule has 1 amide bonds. The first-order chi connectivity index (χ1) is 15.5.